The van der Waals surface area contributed by atoms with Gasteiger partial charge >= 0.3 is 0 Å². The molecular weight excluding hydrogens is 333 g/mol. The first-order chi connectivity index (χ1) is 10.8. The molecule has 5 heteroatoms. The third-order valence-corrected chi connectivity index (χ3v) is 4.24. The van der Waals surface area contributed by atoms with E-state index in [1.165, 1.54) is 0 Å². The van der Waals surface area contributed by atoms with Crippen molar-refractivity contribution in [3.8, 4) is 5.75 Å². The maximum absolute atomic E-state index is 12.4. The molecule has 0 aromatic heterocycles. The number of nitrogens with one attached hydrogen (secondary N) is 1. The number of aryl methyl sites for hydroxylation is 3. The van der Waals surface area contributed by atoms with Crippen LogP contribution in [-0.4, -0.2) is 12.0 Å². The summed E-state index contributed by atoms with van der Waals surface area (Å²) in [6, 6.07) is 8.98. The molecule has 0 unspecified atom stereocenters. The zero-order valence-corrected chi connectivity index (χ0v) is 15.0. The Kier molecular flexibility index (Phi) is 5.55. The molecule has 3 nitrogen and oxygen atoms in total. The van der Waals surface area contributed by atoms with E-state index in [1.807, 2.05) is 32.9 Å². The summed E-state index contributed by atoms with van der Waals surface area (Å²) in [6.07, 6.45) is -0.660. The molecule has 0 aliphatic carbocycles. The molecule has 0 aliphatic rings. The van der Waals surface area contributed by atoms with Gasteiger partial charge in [0.25, 0.3) is 5.91 Å². The van der Waals surface area contributed by atoms with Crippen LogP contribution in [0.2, 0.25) is 10.0 Å². The number of rotatable bonds is 4. The molecule has 0 spiro atoms. The fourth-order valence-corrected chi connectivity index (χ4v) is 2.70. The molecule has 0 saturated heterocycles. The van der Waals surface area contributed by atoms with Gasteiger partial charge in [0.15, 0.2) is 6.10 Å². The summed E-state index contributed by atoms with van der Waals surface area (Å²) in [6.45, 7) is 7.67. The van der Waals surface area contributed by atoms with Crippen molar-refractivity contribution in [1.29, 1.82) is 0 Å². The van der Waals surface area contributed by atoms with Crippen LogP contribution in [0.1, 0.15) is 23.6 Å². The van der Waals surface area contributed by atoms with Crippen molar-refractivity contribution >= 4 is 34.8 Å². The standard InChI is InChI=1S/C18H19Cl2NO2/c1-10-7-11(2)17(12(3)8-10)21-18(22)13(4)23-14-5-6-15(19)16(20)9-14/h5-9,13H,1-4H3,(H,21,22)/t13-/m1/s1. The quantitative estimate of drug-likeness (QED) is 0.808. The predicted molar refractivity (Wildman–Crippen MR) is 95.8 cm³/mol. The van der Waals surface area contributed by atoms with Gasteiger partial charge in [0.05, 0.1) is 10.0 Å². The van der Waals surface area contributed by atoms with Crippen LogP contribution in [0.5, 0.6) is 5.75 Å². The lowest BCUT2D eigenvalue weighted by atomic mass is 10.0. The number of halogens is 2. The third kappa shape index (κ3) is 4.40. The van der Waals surface area contributed by atoms with Crippen LogP contribution in [0.4, 0.5) is 5.69 Å². The van der Waals surface area contributed by atoms with Crippen molar-refractivity contribution < 1.29 is 9.53 Å². The van der Waals surface area contributed by atoms with Gasteiger partial charge in [-0.3, -0.25) is 4.79 Å². The predicted octanol–water partition coefficient (Wildman–Crippen LogP) is 5.32. The van der Waals surface area contributed by atoms with Crippen LogP contribution >= 0.6 is 23.2 Å². The van der Waals surface area contributed by atoms with Crippen molar-refractivity contribution in [3.63, 3.8) is 0 Å². The van der Waals surface area contributed by atoms with Crippen LogP contribution in [0.15, 0.2) is 30.3 Å². The second-order valence-corrected chi connectivity index (χ2v) is 6.41. The van der Waals surface area contributed by atoms with Gasteiger partial charge in [-0.2, -0.15) is 0 Å². The minimum absolute atomic E-state index is 0.217. The van der Waals surface area contributed by atoms with Crippen molar-refractivity contribution in [3.05, 3.63) is 57.1 Å². The topological polar surface area (TPSA) is 38.3 Å². The zero-order valence-electron chi connectivity index (χ0n) is 13.5. The molecule has 1 N–H and O–H groups in total. The van der Waals surface area contributed by atoms with Crippen LogP contribution < -0.4 is 10.1 Å². The fourth-order valence-electron chi connectivity index (χ4n) is 2.41. The zero-order chi connectivity index (χ0) is 17.1. The van der Waals surface area contributed by atoms with E-state index in [0.717, 1.165) is 22.4 Å². The number of hydrogen-bond acceptors (Lipinski definition) is 2. The van der Waals surface area contributed by atoms with Crippen LogP contribution in [0, 0.1) is 20.8 Å². The molecule has 23 heavy (non-hydrogen) atoms. The number of benzene rings is 2. The first-order valence-corrected chi connectivity index (χ1v) is 8.04. The van der Waals surface area contributed by atoms with Gasteiger partial charge in [0, 0.05) is 11.8 Å². The summed E-state index contributed by atoms with van der Waals surface area (Å²) in [5.74, 6) is 0.283. The molecule has 2 aromatic carbocycles. The van der Waals surface area contributed by atoms with E-state index in [1.54, 1.807) is 25.1 Å². The van der Waals surface area contributed by atoms with Crippen LogP contribution in [0.25, 0.3) is 0 Å². The minimum atomic E-state index is -0.660. The average molecular weight is 352 g/mol. The average Bonchev–Trinajstić information content (AvgIpc) is 2.46. The van der Waals surface area contributed by atoms with Gasteiger partial charge in [-0.1, -0.05) is 40.9 Å². The Bertz CT molecular complexity index is 721. The minimum Gasteiger partial charge on any atom is -0.481 e. The highest BCUT2D eigenvalue weighted by Crippen LogP contribution is 2.27. The molecule has 0 bridgehead atoms. The summed E-state index contributed by atoms with van der Waals surface area (Å²) in [7, 11) is 0. The number of carbonyl (C=O) groups is 1. The summed E-state index contributed by atoms with van der Waals surface area (Å²) >= 11 is 11.8. The first-order valence-electron chi connectivity index (χ1n) is 7.28. The number of amides is 1. The first kappa shape index (κ1) is 17.6. The Morgan fingerprint density at radius 3 is 2.22 bits per heavy atom. The molecule has 1 amide bonds. The van der Waals surface area contributed by atoms with Gasteiger partial charge in [-0.05, 0) is 51.0 Å². The normalized spacial score (nSPS) is 11.9. The van der Waals surface area contributed by atoms with Crippen molar-refractivity contribution in [2.45, 2.75) is 33.8 Å². The van der Waals surface area contributed by atoms with Gasteiger partial charge in [0.1, 0.15) is 5.75 Å². The molecular formula is C18H19Cl2NO2. The Hall–Kier alpha value is -1.71. The van der Waals surface area contributed by atoms with E-state index < -0.39 is 6.10 Å². The monoisotopic (exact) mass is 351 g/mol. The smallest absolute Gasteiger partial charge is 0.265 e. The van der Waals surface area contributed by atoms with E-state index in [9.17, 15) is 4.79 Å². The van der Waals surface area contributed by atoms with Crippen LogP contribution in [0.3, 0.4) is 0 Å². The summed E-state index contributed by atoms with van der Waals surface area (Å²) < 4.78 is 5.63. The summed E-state index contributed by atoms with van der Waals surface area (Å²) in [5.41, 5.74) is 4.04. The number of ether oxygens (including phenoxy) is 1. The van der Waals surface area contributed by atoms with Gasteiger partial charge in [-0.15, -0.1) is 0 Å². The molecule has 2 rings (SSSR count). The third-order valence-electron chi connectivity index (χ3n) is 3.50. The van der Waals surface area contributed by atoms with Gasteiger partial charge in [0.2, 0.25) is 0 Å². The SMILES string of the molecule is Cc1cc(C)c(NC(=O)[C@@H](C)Oc2ccc(Cl)c(Cl)c2)c(C)c1. The maximum atomic E-state index is 12.4. The van der Waals surface area contributed by atoms with E-state index in [4.69, 9.17) is 27.9 Å². The van der Waals surface area contributed by atoms with Crippen molar-refractivity contribution in [1.82, 2.24) is 0 Å². The van der Waals surface area contributed by atoms with E-state index in [2.05, 4.69) is 5.32 Å². The van der Waals surface area contributed by atoms with E-state index in [0.29, 0.717) is 15.8 Å². The highest BCUT2D eigenvalue weighted by molar-refractivity contribution is 6.42. The lowest BCUT2D eigenvalue weighted by Crippen LogP contribution is -2.30. The number of carbonyl (C=O) groups excluding carboxylic acids is 1. The summed E-state index contributed by atoms with van der Waals surface area (Å²) in [4.78, 5) is 12.4. The molecule has 0 radical (unpaired) electrons. The largest absolute Gasteiger partial charge is 0.481 e. The second kappa shape index (κ2) is 7.24. The Labute approximate surface area is 146 Å². The molecule has 0 saturated carbocycles. The molecule has 0 aliphatic heterocycles. The maximum Gasteiger partial charge on any atom is 0.265 e. The highest BCUT2D eigenvalue weighted by atomic mass is 35.5. The Balaban J connectivity index is 2.10. The van der Waals surface area contributed by atoms with Gasteiger partial charge in [-0.25, -0.2) is 0 Å². The van der Waals surface area contributed by atoms with Crippen LogP contribution in [-0.2, 0) is 4.79 Å². The summed E-state index contributed by atoms with van der Waals surface area (Å²) in [5, 5.41) is 3.77. The van der Waals surface area contributed by atoms with Crippen molar-refractivity contribution in [2.75, 3.05) is 5.32 Å². The van der Waals surface area contributed by atoms with E-state index >= 15 is 0 Å². The Morgan fingerprint density at radius 1 is 1.04 bits per heavy atom. The Morgan fingerprint density at radius 2 is 1.65 bits per heavy atom. The lowest BCUT2D eigenvalue weighted by molar-refractivity contribution is -0.122. The molecule has 0 fully saturated rings. The van der Waals surface area contributed by atoms with Crippen molar-refractivity contribution in [2.24, 2.45) is 0 Å². The molecule has 1 atom stereocenters. The molecule has 0 heterocycles. The van der Waals surface area contributed by atoms with E-state index in [-0.39, 0.29) is 5.91 Å². The molecule has 2 aromatic rings. The highest BCUT2D eigenvalue weighted by Gasteiger charge is 2.17. The van der Waals surface area contributed by atoms with Gasteiger partial charge < -0.3 is 10.1 Å². The molecule has 122 valence electrons. The number of hydrogen-bond donors (Lipinski definition) is 1. The lowest BCUT2D eigenvalue weighted by Gasteiger charge is -2.18. The number of anilines is 1. The second-order valence-electron chi connectivity index (χ2n) is 5.60. The fraction of sp³-hybridized carbons (Fsp3) is 0.278.